The zero-order valence-electron chi connectivity index (χ0n) is 9.25. The summed E-state index contributed by atoms with van der Waals surface area (Å²) in [6.07, 6.45) is -0.599. The second kappa shape index (κ2) is 3.89. The Bertz CT molecular complexity index is 494. The van der Waals surface area contributed by atoms with Crippen LogP contribution in [0.15, 0.2) is 18.2 Å². The number of carbonyl (C=O) groups is 1. The number of ether oxygens (including phenoxy) is 1. The molecule has 90 valence electrons. The monoisotopic (exact) mass is 272 g/mol. The maximum atomic E-state index is 11.7. The fourth-order valence-electron chi connectivity index (χ4n) is 1.58. The van der Waals surface area contributed by atoms with Gasteiger partial charge in [0, 0.05) is 10.0 Å². The van der Waals surface area contributed by atoms with E-state index in [0.717, 1.165) is 4.90 Å². The number of nitrogens with one attached hydrogen (secondary N) is 1. The van der Waals surface area contributed by atoms with E-state index in [4.69, 9.17) is 33.3 Å². The van der Waals surface area contributed by atoms with E-state index >= 15 is 0 Å². The highest BCUT2D eigenvalue weighted by molar-refractivity contribution is 6.35. The highest BCUT2D eigenvalue weighted by Gasteiger charge is 2.44. The highest BCUT2D eigenvalue weighted by atomic mass is 35.5. The SMILES string of the molecule is CC1(C)OC(=O)N(c2cc(Cl)cc(Cl)c2)C1=N. The van der Waals surface area contributed by atoms with Crippen LogP contribution < -0.4 is 4.90 Å². The Morgan fingerprint density at radius 2 is 1.76 bits per heavy atom. The third kappa shape index (κ3) is 2.10. The first-order valence-corrected chi connectivity index (χ1v) is 5.65. The largest absolute Gasteiger partial charge is 0.435 e. The van der Waals surface area contributed by atoms with Crippen LogP contribution in [0.4, 0.5) is 10.5 Å². The van der Waals surface area contributed by atoms with E-state index in [2.05, 4.69) is 0 Å². The van der Waals surface area contributed by atoms with Crippen LogP contribution in [0.1, 0.15) is 13.8 Å². The van der Waals surface area contributed by atoms with Gasteiger partial charge in [-0.15, -0.1) is 0 Å². The number of anilines is 1. The third-order valence-corrected chi connectivity index (χ3v) is 2.86. The molecule has 1 aliphatic heterocycles. The van der Waals surface area contributed by atoms with Gasteiger partial charge in [0.1, 0.15) is 0 Å². The molecule has 1 aromatic rings. The Morgan fingerprint density at radius 1 is 1.24 bits per heavy atom. The predicted octanol–water partition coefficient (Wildman–Crippen LogP) is 3.71. The first-order chi connectivity index (χ1) is 7.81. The van der Waals surface area contributed by atoms with Crippen molar-refractivity contribution in [3.8, 4) is 0 Å². The molecule has 0 bridgehead atoms. The number of hydrogen-bond donors (Lipinski definition) is 1. The molecule has 2 rings (SSSR count). The molecule has 1 amide bonds. The molecule has 0 aromatic heterocycles. The van der Waals surface area contributed by atoms with Gasteiger partial charge in [-0.3, -0.25) is 5.41 Å². The van der Waals surface area contributed by atoms with Crippen LogP contribution in [0.5, 0.6) is 0 Å². The van der Waals surface area contributed by atoms with E-state index in [1.807, 2.05) is 0 Å². The molecule has 17 heavy (non-hydrogen) atoms. The highest BCUT2D eigenvalue weighted by Crippen LogP contribution is 2.32. The number of nitrogens with zero attached hydrogens (tertiary/aromatic N) is 1. The van der Waals surface area contributed by atoms with E-state index in [0.29, 0.717) is 15.7 Å². The van der Waals surface area contributed by atoms with Crippen molar-refractivity contribution in [2.45, 2.75) is 19.4 Å². The van der Waals surface area contributed by atoms with E-state index in [-0.39, 0.29) is 5.84 Å². The molecule has 4 nitrogen and oxygen atoms in total. The van der Waals surface area contributed by atoms with Crippen molar-refractivity contribution in [1.29, 1.82) is 5.41 Å². The molecule has 1 aliphatic rings. The average molecular weight is 273 g/mol. The summed E-state index contributed by atoms with van der Waals surface area (Å²) in [5, 5.41) is 8.71. The van der Waals surface area contributed by atoms with Gasteiger partial charge in [0.25, 0.3) is 0 Å². The summed E-state index contributed by atoms with van der Waals surface area (Å²) in [4.78, 5) is 12.9. The van der Waals surface area contributed by atoms with Crippen molar-refractivity contribution in [2.75, 3.05) is 4.90 Å². The average Bonchev–Trinajstić information content (AvgIpc) is 2.34. The molecule has 0 atom stereocenters. The molecule has 0 radical (unpaired) electrons. The number of amides is 1. The molecule has 1 heterocycles. The van der Waals surface area contributed by atoms with Crippen molar-refractivity contribution < 1.29 is 9.53 Å². The topological polar surface area (TPSA) is 53.4 Å². The lowest BCUT2D eigenvalue weighted by molar-refractivity contribution is 0.110. The van der Waals surface area contributed by atoms with Gasteiger partial charge < -0.3 is 4.74 Å². The van der Waals surface area contributed by atoms with Crippen LogP contribution in [0.2, 0.25) is 10.0 Å². The van der Waals surface area contributed by atoms with Gasteiger partial charge in [-0.25, -0.2) is 9.69 Å². The summed E-state index contributed by atoms with van der Waals surface area (Å²) >= 11 is 11.7. The van der Waals surface area contributed by atoms with Crippen LogP contribution in [0.3, 0.4) is 0 Å². The predicted molar refractivity (Wildman–Crippen MR) is 67.2 cm³/mol. The fourth-order valence-corrected chi connectivity index (χ4v) is 2.09. The molecular weight excluding hydrogens is 263 g/mol. The smallest absolute Gasteiger partial charge is 0.421 e. The summed E-state index contributed by atoms with van der Waals surface area (Å²) in [6, 6.07) is 4.68. The van der Waals surface area contributed by atoms with Gasteiger partial charge in [-0.05, 0) is 32.0 Å². The van der Waals surface area contributed by atoms with Crippen LogP contribution in [0.25, 0.3) is 0 Å². The summed E-state index contributed by atoms with van der Waals surface area (Å²) in [5.41, 5.74) is -0.505. The summed E-state index contributed by atoms with van der Waals surface area (Å²) in [7, 11) is 0. The standard InChI is InChI=1S/C11H10Cl2N2O2/c1-11(2)9(14)15(10(16)17-11)8-4-6(12)3-7(13)5-8/h3-5,14H,1-2H3. The Morgan fingerprint density at radius 3 is 2.18 bits per heavy atom. The summed E-state index contributed by atoms with van der Waals surface area (Å²) in [6.45, 7) is 3.30. The van der Waals surface area contributed by atoms with Gasteiger partial charge in [0.05, 0.1) is 5.69 Å². The van der Waals surface area contributed by atoms with E-state index in [9.17, 15) is 4.79 Å². The number of amidine groups is 1. The minimum absolute atomic E-state index is 0.0563. The van der Waals surface area contributed by atoms with Gasteiger partial charge in [-0.2, -0.15) is 0 Å². The molecule has 0 aliphatic carbocycles. The van der Waals surface area contributed by atoms with Crippen molar-refractivity contribution in [3.05, 3.63) is 28.2 Å². The summed E-state index contributed by atoms with van der Waals surface area (Å²) in [5.74, 6) is 0.0563. The van der Waals surface area contributed by atoms with Crippen LogP contribution >= 0.6 is 23.2 Å². The number of benzene rings is 1. The van der Waals surface area contributed by atoms with Crippen molar-refractivity contribution >= 4 is 40.8 Å². The Kier molecular flexibility index (Phi) is 2.79. The zero-order valence-corrected chi connectivity index (χ0v) is 10.8. The van der Waals surface area contributed by atoms with E-state index in [1.165, 1.54) is 0 Å². The van der Waals surface area contributed by atoms with E-state index in [1.54, 1.807) is 32.0 Å². The third-order valence-electron chi connectivity index (χ3n) is 2.42. The molecule has 0 spiro atoms. The zero-order chi connectivity index (χ0) is 12.8. The molecule has 1 N–H and O–H groups in total. The van der Waals surface area contributed by atoms with Crippen LogP contribution in [0, 0.1) is 5.41 Å². The Balaban J connectivity index is 2.47. The Hall–Kier alpha value is -1.26. The molecule has 1 saturated heterocycles. The molecular formula is C11H10Cl2N2O2. The minimum atomic E-state index is -0.939. The van der Waals surface area contributed by atoms with Crippen molar-refractivity contribution in [1.82, 2.24) is 0 Å². The maximum absolute atomic E-state index is 11.7. The number of cyclic esters (lactones) is 1. The fraction of sp³-hybridized carbons (Fsp3) is 0.273. The molecule has 0 unspecified atom stereocenters. The van der Waals surface area contributed by atoms with Gasteiger partial charge in [-0.1, -0.05) is 23.2 Å². The number of halogens is 2. The first kappa shape index (κ1) is 12.2. The number of rotatable bonds is 1. The maximum Gasteiger partial charge on any atom is 0.421 e. The summed E-state index contributed by atoms with van der Waals surface area (Å²) < 4.78 is 5.08. The second-order valence-corrected chi connectivity index (χ2v) is 5.06. The minimum Gasteiger partial charge on any atom is -0.435 e. The molecule has 0 saturated carbocycles. The van der Waals surface area contributed by atoms with Gasteiger partial charge in [0.15, 0.2) is 11.4 Å². The lowest BCUT2D eigenvalue weighted by atomic mass is 10.1. The lowest BCUT2D eigenvalue weighted by Crippen LogP contribution is -2.35. The Labute approximate surface area is 109 Å². The molecule has 6 heteroatoms. The normalized spacial score (nSPS) is 18.5. The molecule has 1 aromatic carbocycles. The lowest BCUT2D eigenvalue weighted by Gasteiger charge is -2.17. The van der Waals surface area contributed by atoms with Gasteiger partial charge in [0.2, 0.25) is 0 Å². The van der Waals surface area contributed by atoms with E-state index < -0.39 is 11.7 Å². The van der Waals surface area contributed by atoms with Crippen molar-refractivity contribution in [2.24, 2.45) is 0 Å². The molecule has 1 fully saturated rings. The first-order valence-electron chi connectivity index (χ1n) is 4.89. The van der Waals surface area contributed by atoms with Gasteiger partial charge >= 0.3 is 6.09 Å². The van der Waals surface area contributed by atoms with Crippen LogP contribution in [-0.4, -0.2) is 17.5 Å². The second-order valence-electron chi connectivity index (χ2n) is 4.19. The number of carbonyl (C=O) groups excluding carboxylic acids is 1. The number of hydrogen-bond acceptors (Lipinski definition) is 3. The van der Waals surface area contributed by atoms with Crippen LogP contribution in [-0.2, 0) is 4.74 Å². The van der Waals surface area contributed by atoms with Crippen molar-refractivity contribution in [3.63, 3.8) is 0 Å². The quantitative estimate of drug-likeness (QED) is 0.848.